The van der Waals surface area contributed by atoms with E-state index in [2.05, 4.69) is 54.3 Å². The molecule has 0 amide bonds. The van der Waals surface area contributed by atoms with Crippen LogP contribution in [-0.2, 0) is 0 Å². The SMILES string of the molecule is C[C@H](c1cccc2ccccc12)N1CC2(CC(CO)C2)C1. The Kier molecular flexibility index (Phi) is 3.05. The quantitative estimate of drug-likeness (QED) is 0.929. The van der Waals surface area contributed by atoms with Crippen LogP contribution in [0, 0.1) is 11.3 Å². The summed E-state index contributed by atoms with van der Waals surface area (Å²) in [6.45, 7) is 5.11. The van der Waals surface area contributed by atoms with Crippen LogP contribution in [0.2, 0.25) is 0 Å². The summed E-state index contributed by atoms with van der Waals surface area (Å²) in [5.74, 6) is 0.569. The van der Waals surface area contributed by atoms with E-state index in [0.717, 1.165) is 0 Å². The number of likely N-dealkylation sites (tertiary alicyclic amines) is 1. The molecule has 0 unspecified atom stereocenters. The van der Waals surface area contributed by atoms with Crippen LogP contribution in [0.1, 0.15) is 31.4 Å². The van der Waals surface area contributed by atoms with Gasteiger partial charge in [-0.3, -0.25) is 4.90 Å². The summed E-state index contributed by atoms with van der Waals surface area (Å²) in [5, 5.41) is 11.9. The molecule has 21 heavy (non-hydrogen) atoms. The highest BCUT2D eigenvalue weighted by molar-refractivity contribution is 5.86. The standard InChI is InChI=1S/C19H23NO/c1-14(20-12-19(13-20)9-15(10-19)11-21)17-8-4-6-16-5-2-3-7-18(16)17/h2-8,14-15,21H,9-13H2,1H3/t14-/m1/s1. The van der Waals surface area contributed by atoms with Crippen LogP contribution in [0.4, 0.5) is 0 Å². The lowest BCUT2D eigenvalue weighted by molar-refractivity contribution is -0.120. The number of hydrogen-bond acceptors (Lipinski definition) is 2. The van der Waals surface area contributed by atoms with Crippen molar-refractivity contribution in [2.75, 3.05) is 19.7 Å². The Bertz CT molecular complexity index is 646. The van der Waals surface area contributed by atoms with Gasteiger partial charge >= 0.3 is 0 Å². The van der Waals surface area contributed by atoms with Crippen LogP contribution in [0.3, 0.4) is 0 Å². The molecule has 2 fully saturated rings. The van der Waals surface area contributed by atoms with Crippen molar-refractivity contribution in [1.29, 1.82) is 0 Å². The summed E-state index contributed by atoms with van der Waals surface area (Å²) < 4.78 is 0. The first-order chi connectivity index (χ1) is 10.2. The smallest absolute Gasteiger partial charge is 0.0459 e. The molecule has 4 rings (SSSR count). The van der Waals surface area contributed by atoms with Gasteiger partial charge in [0.05, 0.1) is 0 Å². The fourth-order valence-electron chi connectivity index (χ4n) is 4.45. The van der Waals surface area contributed by atoms with Gasteiger partial charge in [-0.1, -0.05) is 42.5 Å². The fraction of sp³-hybridized carbons (Fsp3) is 0.474. The first-order valence-corrected chi connectivity index (χ1v) is 8.03. The van der Waals surface area contributed by atoms with E-state index in [1.807, 2.05) is 0 Å². The molecular formula is C19H23NO. The van der Waals surface area contributed by atoms with Crippen molar-refractivity contribution >= 4 is 10.8 Å². The zero-order chi connectivity index (χ0) is 14.4. The van der Waals surface area contributed by atoms with E-state index in [1.165, 1.54) is 42.3 Å². The number of aliphatic hydroxyl groups excluding tert-OH is 1. The second-order valence-electron chi connectivity index (χ2n) is 7.11. The van der Waals surface area contributed by atoms with E-state index >= 15 is 0 Å². The van der Waals surface area contributed by atoms with E-state index in [-0.39, 0.29) is 0 Å². The molecule has 2 aromatic carbocycles. The lowest BCUT2D eigenvalue weighted by Gasteiger charge is -2.60. The maximum atomic E-state index is 9.20. The molecule has 2 nitrogen and oxygen atoms in total. The van der Waals surface area contributed by atoms with Gasteiger partial charge in [0.2, 0.25) is 0 Å². The molecule has 1 aliphatic carbocycles. The molecule has 1 N–H and O–H groups in total. The molecule has 2 aromatic rings. The van der Waals surface area contributed by atoms with Gasteiger partial charge in [0.15, 0.2) is 0 Å². The molecule has 1 atom stereocenters. The number of hydrogen-bond donors (Lipinski definition) is 1. The van der Waals surface area contributed by atoms with Gasteiger partial charge in [0.1, 0.15) is 0 Å². The molecule has 0 radical (unpaired) electrons. The zero-order valence-corrected chi connectivity index (χ0v) is 12.6. The van der Waals surface area contributed by atoms with Gasteiger partial charge in [-0.2, -0.15) is 0 Å². The fourth-order valence-corrected chi connectivity index (χ4v) is 4.45. The predicted molar refractivity (Wildman–Crippen MR) is 86.2 cm³/mol. The molecule has 1 saturated heterocycles. The summed E-state index contributed by atoms with van der Waals surface area (Å²) in [6, 6.07) is 15.8. The van der Waals surface area contributed by atoms with Gasteiger partial charge < -0.3 is 5.11 Å². The minimum atomic E-state index is 0.376. The minimum absolute atomic E-state index is 0.376. The Morgan fingerprint density at radius 1 is 1.14 bits per heavy atom. The first kappa shape index (κ1) is 13.3. The van der Waals surface area contributed by atoms with Crippen molar-refractivity contribution in [2.45, 2.75) is 25.8 Å². The minimum Gasteiger partial charge on any atom is -0.396 e. The molecule has 2 aliphatic rings. The third-order valence-electron chi connectivity index (χ3n) is 5.60. The number of fused-ring (bicyclic) bond motifs is 1. The van der Waals surface area contributed by atoms with Crippen molar-refractivity contribution in [1.82, 2.24) is 4.90 Å². The number of benzene rings is 2. The average Bonchev–Trinajstić information content (AvgIpc) is 2.44. The molecule has 0 aromatic heterocycles. The van der Waals surface area contributed by atoms with Crippen molar-refractivity contribution in [3.8, 4) is 0 Å². The van der Waals surface area contributed by atoms with E-state index in [9.17, 15) is 5.11 Å². The monoisotopic (exact) mass is 281 g/mol. The third-order valence-corrected chi connectivity index (χ3v) is 5.60. The zero-order valence-electron chi connectivity index (χ0n) is 12.6. The van der Waals surface area contributed by atoms with Crippen LogP contribution in [-0.4, -0.2) is 29.7 Å². The Morgan fingerprint density at radius 3 is 2.62 bits per heavy atom. The van der Waals surface area contributed by atoms with Gasteiger partial charge in [-0.15, -0.1) is 0 Å². The van der Waals surface area contributed by atoms with Crippen molar-refractivity contribution in [3.05, 3.63) is 48.0 Å². The van der Waals surface area contributed by atoms with Gasteiger partial charge in [0, 0.05) is 25.7 Å². The highest BCUT2D eigenvalue weighted by Gasteiger charge is 2.52. The van der Waals surface area contributed by atoms with Crippen molar-refractivity contribution < 1.29 is 5.11 Å². The maximum absolute atomic E-state index is 9.20. The molecule has 1 heterocycles. The summed E-state index contributed by atoms with van der Waals surface area (Å²) >= 11 is 0. The number of aliphatic hydroxyl groups is 1. The molecule has 1 aliphatic heterocycles. The largest absolute Gasteiger partial charge is 0.396 e. The lowest BCUT2D eigenvalue weighted by Crippen LogP contribution is -2.62. The second-order valence-corrected chi connectivity index (χ2v) is 7.11. The summed E-state index contributed by atoms with van der Waals surface area (Å²) in [4.78, 5) is 2.59. The lowest BCUT2D eigenvalue weighted by atomic mass is 9.57. The van der Waals surface area contributed by atoms with Crippen molar-refractivity contribution in [3.63, 3.8) is 0 Å². The van der Waals surface area contributed by atoms with Crippen LogP contribution in [0.25, 0.3) is 10.8 Å². The second kappa shape index (κ2) is 4.82. The van der Waals surface area contributed by atoms with Crippen LogP contribution in [0.5, 0.6) is 0 Å². The maximum Gasteiger partial charge on any atom is 0.0459 e. The van der Waals surface area contributed by atoms with E-state index in [4.69, 9.17) is 0 Å². The predicted octanol–water partition coefficient (Wildman–Crippen LogP) is 3.61. The molecule has 1 saturated carbocycles. The molecule has 2 heteroatoms. The highest BCUT2D eigenvalue weighted by atomic mass is 16.3. The van der Waals surface area contributed by atoms with Gasteiger partial charge in [-0.25, -0.2) is 0 Å². The number of nitrogens with zero attached hydrogens (tertiary/aromatic N) is 1. The Morgan fingerprint density at radius 2 is 1.86 bits per heavy atom. The van der Waals surface area contributed by atoms with Crippen LogP contribution >= 0.6 is 0 Å². The van der Waals surface area contributed by atoms with E-state index in [1.54, 1.807) is 0 Å². The average molecular weight is 281 g/mol. The molecule has 0 bridgehead atoms. The van der Waals surface area contributed by atoms with Gasteiger partial charge in [-0.05, 0) is 47.4 Å². The topological polar surface area (TPSA) is 23.5 Å². The van der Waals surface area contributed by atoms with Crippen molar-refractivity contribution in [2.24, 2.45) is 11.3 Å². The third kappa shape index (κ3) is 2.09. The van der Waals surface area contributed by atoms with Gasteiger partial charge in [0.25, 0.3) is 0 Å². The Hall–Kier alpha value is -1.38. The van der Waals surface area contributed by atoms with E-state index in [0.29, 0.717) is 24.0 Å². The molecule has 1 spiro atoms. The molecule has 110 valence electrons. The Labute approximate surface area is 126 Å². The molecular weight excluding hydrogens is 258 g/mol. The summed E-state index contributed by atoms with van der Waals surface area (Å²) in [7, 11) is 0. The first-order valence-electron chi connectivity index (χ1n) is 8.03. The summed E-state index contributed by atoms with van der Waals surface area (Å²) in [6.07, 6.45) is 2.45. The van der Waals surface area contributed by atoms with Crippen LogP contribution in [0.15, 0.2) is 42.5 Å². The number of rotatable bonds is 3. The highest BCUT2D eigenvalue weighted by Crippen LogP contribution is 2.53. The Balaban J connectivity index is 1.52. The summed E-state index contributed by atoms with van der Waals surface area (Å²) in [5.41, 5.74) is 1.98. The van der Waals surface area contributed by atoms with Crippen LogP contribution < -0.4 is 0 Å². The normalized spacial score (nSPS) is 23.0. The van der Waals surface area contributed by atoms with E-state index < -0.39 is 0 Å².